The summed E-state index contributed by atoms with van der Waals surface area (Å²) in [6.45, 7) is 7.42. The van der Waals surface area contributed by atoms with Gasteiger partial charge in [-0.2, -0.15) is 4.98 Å². The van der Waals surface area contributed by atoms with Gasteiger partial charge in [-0.05, 0) is 48.6 Å². The Hall–Kier alpha value is -3.99. The third-order valence-electron chi connectivity index (χ3n) is 7.88. The molecule has 0 radical (unpaired) electrons. The molecular formula is C27H29N7O4. The summed E-state index contributed by atoms with van der Waals surface area (Å²) >= 11 is 0. The molecule has 2 saturated heterocycles. The lowest BCUT2D eigenvalue weighted by Gasteiger charge is -2.44. The van der Waals surface area contributed by atoms with Gasteiger partial charge >= 0.3 is 0 Å². The van der Waals surface area contributed by atoms with Crippen LogP contribution in [-0.2, 0) is 22.7 Å². The molecule has 11 nitrogen and oxygen atoms in total. The molecule has 6 heterocycles. The second kappa shape index (κ2) is 9.39. The van der Waals surface area contributed by atoms with Crippen molar-refractivity contribution < 1.29 is 18.9 Å². The van der Waals surface area contributed by atoms with Crippen LogP contribution >= 0.6 is 0 Å². The van der Waals surface area contributed by atoms with Crippen LogP contribution in [0.15, 0.2) is 41.4 Å². The summed E-state index contributed by atoms with van der Waals surface area (Å²) in [5, 5.41) is 6.18. The molecule has 6 rings (SSSR count). The van der Waals surface area contributed by atoms with Crippen LogP contribution < -0.4 is 5.32 Å². The fourth-order valence-corrected chi connectivity index (χ4v) is 5.99. The number of piperidine rings is 2. The highest BCUT2D eigenvalue weighted by Crippen LogP contribution is 2.42. The zero-order chi connectivity index (χ0) is 26.4. The largest absolute Gasteiger partial charge is 0.342 e. The zero-order valence-electron chi connectivity index (χ0n) is 21.4. The molecule has 0 saturated carbocycles. The monoisotopic (exact) mass is 515 g/mol. The average molecular weight is 516 g/mol. The van der Waals surface area contributed by atoms with E-state index >= 15 is 0 Å². The summed E-state index contributed by atoms with van der Waals surface area (Å²) in [4.78, 5) is 54.4. The minimum absolute atomic E-state index is 0.0383. The van der Waals surface area contributed by atoms with Crippen LogP contribution in [-0.4, -0.2) is 66.8 Å². The van der Waals surface area contributed by atoms with Gasteiger partial charge in [0.05, 0.1) is 17.8 Å². The van der Waals surface area contributed by atoms with Gasteiger partial charge in [0.2, 0.25) is 24.0 Å². The Morgan fingerprint density at radius 1 is 1.11 bits per heavy atom. The van der Waals surface area contributed by atoms with Crippen molar-refractivity contribution in [3.63, 3.8) is 0 Å². The van der Waals surface area contributed by atoms with Gasteiger partial charge in [-0.15, -0.1) is 0 Å². The Morgan fingerprint density at radius 2 is 1.97 bits per heavy atom. The topological polar surface area (TPSA) is 134 Å². The summed E-state index contributed by atoms with van der Waals surface area (Å²) in [6, 6.07) is 7.14. The van der Waals surface area contributed by atoms with E-state index < -0.39 is 11.9 Å². The Kier molecular flexibility index (Phi) is 6.02. The molecule has 3 aliphatic rings. The fourth-order valence-electron chi connectivity index (χ4n) is 5.99. The van der Waals surface area contributed by atoms with Crippen molar-refractivity contribution in [1.29, 1.82) is 0 Å². The molecule has 0 bridgehead atoms. The summed E-state index contributed by atoms with van der Waals surface area (Å²) in [5.41, 5.74) is 4.00. The Balaban J connectivity index is 1.13. The van der Waals surface area contributed by atoms with Crippen LogP contribution in [0, 0.1) is 5.41 Å². The van der Waals surface area contributed by atoms with E-state index in [0.717, 1.165) is 37.3 Å². The highest BCUT2D eigenvalue weighted by Gasteiger charge is 2.42. The van der Waals surface area contributed by atoms with Crippen molar-refractivity contribution in [3.8, 4) is 11.5 Å². The molecule has 0 aromatic carbocycles. The van der Waals surface area contributed by atoms with E-state index in [2.05, 4.69) is 39.2 Å². The molecule has 2 fully saturated rings. The number of rotatable bonds is 5. The van der Waals surface area contributed by atoms with Crippen LogP contribution in [0.3, 0.4) is 0 Å². The van der Waals surface area contributed by atoms with Crippen molar-refractivity contribution in [2.45, 2.75) is 58.2 Å². The highest BCUT2D eigenvalue weighted by atomic mass is 16.5. The number of hydrogen-bond donors (Lipinski definition) is 1. The smallest absolute Gasteiger partial charge is 0.256 e. The lowest BCUT2D eigenvalue weighted by molar-refractivity contribution is -0.136. The van der Waals surface area contributed by atoms with Crippen LogP contribution in [0.4, 0.5) is 0 Å². The number of amides is 3. The maximum Gasteiger partial charge on any atom is 0.256 e. The molecule has 3 aliphatic heterocycles. The first-order valence-electron chi connectivity index (χ1n) is 12.9. The Bertz CT molecular complexity index is 1390. The highest BCUT2D eigenvalue weighted by molar-refractivity contribution is 6.05. The lowest BCUT2D eigenvalue weighted by Crippen LogP contribution is -2.52. The number of carbonyl (C=O) groups is 3. The summed E-state index contributed by atoms with van der Waals surface area (Å²) in [6.07, 6.45) is 4.68. The van der Waals surface area contributed by atoms with Gasteiger partial charge in [0, 0.05) is 37.3 Å². The fraction of sp³-hybridized carbons (Fsp3) is 0.444. The predicted molar refractivity (Wildman–Crippen MR) is 134 cm³/mol. The van der Waals surface area contributed by atoms with Gasteiger partial charge in [-0.3, -0.25) is 34.6 Å². The van der Waals surface area contributed by atoms with Gasteiger partial charge in [0.15, 0.2) is 0 Å². The number of pyridine rings is 2. The standard InChI is InChI=1S/C27H29N7O4/c1-27(2)14-33(12-16-3-5-20(28-11-16)24-29-15-38-32-24)10-9-18(27)19-6-4-17-21(30-19)13-34(26(17)37)22-7-8-23(35)31-25(22)36/h3-6,11,15,18,22H,7-10,12-14H2,1-2H3,(H,31,35,36). The maximum atomic E-state index is 13.0. The number of likely N-dealkylation sites (tertiary alicyclic amines) is 1. The summed E-state index contributed by atoms with van der Waals surface area (Å²) in [5.74, 6) is -0.177. The van der Waals surface area contributed by atoms with Crippen molar-refractivity contribution >= 4 is 17.7 Å². The van der Waals surface area contributed by atoms with Crippen LogP contribution in [0.5, 0.6) is 0 Å². The first kappa shape index (κ1) is 24.4. The molecule has 0 spiro atoms. The first-order chi connectivity index (χ1) is 18.3. The van der Waals surface area contributed by atoms with E-state index in [0.29, 0.717) is 35.7 Å². The zero-order valence-corrected chi connectivity index (χ0v) is 21.4. The van der Waals surface area contributed by atoms with Gasteiger partial charge in [0.25, 0.3) is 5.91 Å². The summed E-state index contributed by atoms with van der Waals surface area (Å²) in [7, 11) is 0. The normalized spacial score (nSPS) is 23.4. The maximum absolute atomic E-state index is 13.0. The van der Waals surface area contributed by atoms with Gasteiger partial charge in [-0.1, -0.05) is 25.1 Å². The second-order valence-electron chi connectivity index (χ2n) is 11.0. The Labute approximate surface area is 219 Å². The number of nitrogens with one attached hydrogen (secondary N) is 1. The number of fused-ring (bicyclic) bond motifs is 1. The first-order valence-corrected chi connectivity index (χ1v) is 12.9. The molecule has 196 valence electrons. The quantitative estimate of drug-likeness (QED) is 0.508. The molecule has 3 amide bonds. The van der Waals surface area contributed by atoms with Crippen LogP contribution in [0.2, 0.25) is 0 Å². The van der Waals surface area contributed by atoms with Crippen LogP contribution in [0.25, 0.3) is 11.5 Å². The molecule has 38 heavy (non-hydrogen) atoms. The van der Waals surface area contributed by atoms with E-state index in [4.69, 9.17) is 9.51 Å². The lowest BCUT2D eigenvalue weighted by atomic mass is 9.72. The average Bonchev–Trinajstić information content (AvgIpc) is 3.53. The molecule has 3 aromatic rings. The van der Waals surface area contributed by atoms with Crippen molar-refractivity contribution in [1.82, 2.24) is 35.2 Å². The van der Waals surface area contributed by atoms with E-state index in [-0.39, 0.29) is 29.6 Å². The second-order valence-corrected chi connectivity index (χ2v) is 11.0. The van der Waals surface area contributed by atoms with Gasteiger partial charge < -0.3 is 9.42 Å². The molecule has 11 heteroatoms. The molecule has 2 unspecified atom stereocenters. The third-order valence-corrected chi connectivity index (χ3v) is 7.88. The number of nitrogens with zero attached hydrogens (tertiary/aromatic N) is 6. The molecular weight excluding hydrogens is 486 g/mol. The van der Waals surface area contributed by atoms with Crippen LogP contribution in [0.1, 0.15) is 66.3 Å². The number of hydrogen-bond acceptors (Lipinski definition) is 9. The van der Waals surface area contributed by atoms with Gasteiger partial charge in [-0.25, -0.2) is 0 Å². The molecule has 0 aliphatic carbocycles. The molecule has 2 atom stereocenters. The Morgan fingerprint density at radius 3 is 2.68 bits per heavy atom. The van der Waals surface area contributed by atoms with E-state index in [1.807, 2.05) is 30.5 Å². The minimum atomic E-state index is -0.631. The SMILES string of the molecule is CC1(C)CN(Cc2ccc(-c3ncon3)nc2)CCC1c1ccc2c(n1)CN(C1CCC(=O)NC1=O)C2=O. The third kappa shape index (κ3) is 4.47. The van der Waals surface area contributed by atoms with E-state index in [1.165, 1.54) is 6.39 Å². The molecule has 3 aromatic heterocycles. The van der Waals surface area contributed by atoms with Crippen molar-refractivity contribution in [3.05, 3.63) is 59.4 Å². The summed E-state index contributed by atoms with van der Waals surface area (Å²) < 4.78 is 4.80. The van der Waals surface area contributed by atoms with Crippen molar-refractivity contribution in [2.24, 2.45) is 5.41 Å². The number of carbonyl (C=O) groups excluding carboxylic acids is 3. The molecule has 1 N–H and O–H groups in total. The number of aromatic nitrogens is 4. The minimum Gasteiger partial charge on any atom is -0.342 e. The van der Waals surface area contributed by atoms with E-state index in [1.54, 1.807) is 4.90 Å². The van der Waals surface area contributed by atoms with E-state index in [9.17, 15) is 14.4 Å². The van der Waals surface area contributed by atoms with Gasteiger partial charge in [0.1, 0.15) is 11.7 Å². The van der Waals surface area contributed by atoms with Crippen molar-refractivity contribution in [2.75, 3.05) is 13.1 Å². The number of imide groups is 1. The predicted octanol–water partition coefficient (Wildman–Crippen LogP) is 2.30.